The van der Waals surface area contributed by atoms with Gasteiger partial charge in [0.1, 0.15) is 18.3 Å². The third-order valence-corrected chi connectivity index (χ3v) is 8.73. The molecule has 3 aromatic carbocycles. The molecular formula is C31H35ClF3N3O5S. The van der Waals surface area contributed by atoms with E-state index in [0.29, 0.717) is 21.7 Å². The van der Waals surface area contributed by atoms with Crippen LogP contribution in [-0.4, -0.2) is 50.4 Å². The highest BCUT2D eigenvalue weighted by Crippen LogP contribution is 2.38. The van der Waals surface area contributed by atoms with Crippen LogP contribution < -0.4 is 14.4 Å². The van der Waals surface area contributed by atoms with Crippen molar-refractivity contribution in [2.24, 2.45) is 0 Å². The van der Waals surface area contributed by atoms with Crippen molar-refractivity contribution in [3.05, 3.63) is 88.4 Å². The average molecular weight is 654 g/mol. The first-order valence-corrected chi connectivity index (χ1v) is 15.4. The summed E-state index contributed by atoms with van der Waals surface area (Å²) in [5.74, 6) is -0.765. The molecule has 8 nitrogen and oxygen atoms in total. The lowest BCUT2D eigenvalue weighted by Gasteiger charge is -2.33. The highest BCUT2D eigenvalue weighted by Gasteiger charge is 2.37. The number of ether oxygens (including phenoxy) is 1. The molecule has 0 aliphatic carbocycles. The first kappa shape index (κ1) is 34.7. The number of nitrogens with zero attached hydrogens (tertiary/aromatic N) is 2. The molecular weight excluding hydrogens is 619 g/mol. The first-order valence-electron chi connectivity index (χ1n) is 13.5. The van der Waals surface area contributed by atoms with Gasteiger partial charge in [0.2, 0.25) is 11.8 Å². The number of alkyl halides is 3. The van der Waals surface area contributed by atoms with Crippen LogP contribution in [0.3, 0.4) is 0 Å². The molecule has 0 bridgehead atoms. The fraction of sp³-hybridized carbons (Fsp3) is 0.355. The monoisotopic (exact) mass is 653 g/mol. The summed E-state index contributed by atoms with van der Waals surface area (Å²) in [5, 5.41) is 2.18. The fourth-order valence-electron chi connectivity index (χ4n) is 4.24. The second-order valence-electron chi connectivity index (χ2n) is 11.3. The maximum absolute atomic E-state index is 14.0. The van der Waals surface area contributed by atoms with Gasteiger partial charge in [-0.1, -0.05) is 41.4 Å². The standard InChI is InChI=1S/C31H35ClF3N3O5S/c1-20-7-14-25(15-8-20)44(41,42)38(23-11-16-27(32)26(17-23)31(33,34)35)19-28(39)37(21(2)29(40)36-30(3,4)5)18-22-9-12-24(43-6)13-10-22/h7-17,21H,18-19H2,1-6H3,(H,36,40). The molecule has 0 heterocycles. The van der Waals surface area contributed by atoms with Crippen molar-refractivity contribution >= 4 is 39.1 Å². The number of carbonyl (C=O) groups is 2. The summed E-state index contributed by atoms with van der Waals surface area (Å²) in [6, 6.07) is 13.9. The van der Waals surface area contributed by atoms with Gasteiger partial charge in [0, 0.05) is 12.1 Å². The Kier molecular flexibility index (Phi) is 10.6. The first-order chi connectivity index (χ1) is 20.3. The Morgan fingerprint density at radius 2 is 1.57 bits per heavy atom. The lowest BCUT2D eigenvalue weighted by Crippen LogP contribution is -2.54. The van der Waals surface area contributed by atoms with Gasteiger partial charge in [-0.15, -0.1) is 0 Å². The molecule has 0 saturated heterocycles. The predicted octanol–water partition coefficient (Wildman–Crippen LogP) is 6.20. The number of sulfonamides is 1. The number of methoxy groups -OCH3 is 1. The third kappa shape index (κ3) is 8.66. The number of anilines is 1. The number of hydrogen-bond acceptors (Lipinski definition) is 5. The third-order valence-electron chi connectivity index (χ3n) is 6.61. The van der Waals surface area contributed by atoms with Gasteiger partial charge >= 0.3 is 6.18 Å². The average Bonchev–Trinajstić information content (AvgIpc) is 2.93. The SMILES string of the molecule is COc1ccc(CN(C(=O)CN(c2ccc(Cl)c(C(F)(F)F)c2)S(=O)(=O)c2ccc(C)cc2)C(C)C(=O)NC(C)(C)C)cc1. The molecule has 1 unspecified atom stereocenters. The van der Waals surface area contributed by atoms with Gasteiger partial charge in [-0.05, 0) is 82.6 Å². The topological polar surface area (TPSA) is 96.0 Å². The van der Waals surface area contributed by atoms with Crippen LogP contribution in [0, 0.1) is 6.92 Å². The minimum Gasteiger partial charge on any atom is -0.497 e. The summed E-state index contributed by atoms with van der Waals surface area (Å²) >= 11 is 5.81. The second-order valence-corrected chi connectivity index (χ2v) is 13.5. The van der Waals surface area contributed by atoms with Crippen LogP contribution in [0.5, 0.6) is 5.75 Å². The summed E-state index contributed by atoms with van der Waals surface area (Å²) in [6.45, 7) is 7.53. The fourth-order valence-corrected chi connectivity index (χ4v) is 5.87. The van der Waals surface area contributed by atoms with Gasteiger partial charge in [0.25, 0.3) is 10.0 Å². The van der Waals surface area contributed by atoms with Gasteiger partial charge in [0.05, 0.1) is 28.3 Å². The van der Waals surface area contributed by atoms with Crippen molar-refractivity contribution in [2.75, 3.05) is 18.0 Å². The van der Waals surface area contributed by atoms with Crippen molar-refractivity contribution in [2.45, 2.75) is 63.8 Å². The molecule has 13 heteroatoms. The smallest absolute Gasteiger partial charge is 0.417 e. The Morgan fingerprint density at radius 3 is 2.09 bits per heavy atom. The van der Waals surface area contributed by atoms with E-state index in [0.717, 1.165) is 17.7 Å². The molecule has 2 amide bonds. The summed E-state index contributed by atoms with van der Waals surface area (Å²) in [5.41, 5.74) is -0.971. The van der Waals surface area contributed by atoms with E-state index < -0.39 is 62.4 Å². The van der Waals surface area contributed by atoms with Crippen LogP contribution in [0.15, 0.2) is 71.6 Å². The molecule has 0 radical (unpaired) electrons. The zero-order valence-electron chi connectivity index (χ0n) is 25.2. The zero-order valence-corrected chi connectivity index (χ0v) is 26.8. The lowest BCUT2D eigenvalue weighted by atomic mass is 10.1. The van der Waals surface area contributed by atoms with Crippen molar-refractivity contribution in [3.8, 4) is 5.75 Å². The zero-order chi connectivity index (χ0) is 33.0. The maximum Gasteiger partial charge on any atom is 0.417 e. The van der Waals surface area contributed by atoms with E-state index in [1.165, 1.54) is 43.2 Å². The molecule has 3 aromatic rings. The number of carbonyl (C=O) groups excluding carboxylic acids is 2. The Morgan fingerprint density at radius 1 is 0.977 bits per heavy atom. The van der Waals surface area contributed by atoms with Crippen LogP contribution in [0.25, 0.3) is 0 Å². The number of amides is 2. The second kappa shape index (κ2) is 13.5. The summed E-state index contributed by atoms with van der Waals surface area (Å²) in [7, 11) is -3.08. The molecule has 238 valence electrons. The van der Waals surface area contributed by atoms with Crippen LogP contribution in [-0.2, 0) is 32.3 Å². The van der Waals surface area contributed by atoms with Crippen LogP contribution in [0.1, 0.15) is 44.4 Å². The molecule has 1 atom stereocenters. The number of rotatable bonds is 10. The van der Waals surface area contributed by atoms with Crippen molar-refractivity contribution < 1.29 is 35.9 Å². The minimum absolute atomic E-state index is 0.103. The van der Waals surface area contributed by atoms with Crippen molar-refractivity contribution in [1.29, 1.82) is 0 Å². The largest absolute Gasteiger partial charge is 0.497 e. The molecule has 3 rings (SSSR count). The van der Waals surface area contributed by atoms with E-state index >= 15 is 0 Å². The van der Waals surface area contributed by atoms with Gasteiger partial charge in [0.15, 0.2) is 0 Å². The number of aryl methyl sites for hydroxylation is 1. The summed E-state index contributed by atoms with van der Waals surface area (Å²) in [6.07, 6.45) is -4.89. The Labute approximate surface area is 260 Å². The molecule has 1 N–H and O–H groups in total. The van der Waals surface area contributed by atoms with Gasteiger partial charge in [-0.3, -0.25) is 13.9 Å². The molecule has 0 aromatic heterocycles. The lowest BCUT2D eigenvalue weighted by molar-refractivity contribution is -0.140. The highest BCUT2D eigenvalue weighted by atomic mass is 35.5. The summed E-state index contributed by atoms with van der Waals surface area (Å²) in [4.78, 5) is 28.2. The van der Waals surface area contributed by atoms with E-state index in [4.69, 9.17) is 16.3 Å². The molecule has 0 spiro atoms. The maximum atomic E-state index is 14.0. The van der Waals surface area contributed by atoms with Crippen LogP contribution in [0.4, 0.5) is 18.9 Å². The normalized spacial score (nSPS) is 12.8. The van der Waals surface area contributed by atoms with Crippen molar-refractivity contribution in [1.82, 2.24) is 10.2 Å². The van der Waals surface area contributed by atoms with Gasteiger partial charge in [-0.2, -0.15) is 13.2 Å². The highest BCUT2D eigenvalue weighted by molar-refractivity contribution is 7.92. The van der Waals surface area contributed by atoms with E-state index in [-0.39, 0.29) is 11.4 Å². The van der Waals surface area contributed by atoms with Crippen molar-refractivity contribution in [3.63, 3.8) is 0 Å². The number of nitrogens with one attached hydrogen (secondary N) is 1. The summed E-state index contributed by atoms with van der Waals surface area (Å²) < 4.78 is 75.0. The predicted molar refractivity (Wildman–Crippen MR) is 163 cm³/mol. The Hall–Kier alpha value is -3.77. The minimum atomic E-state index is -4.89. The molecule has 0 aliphatic heterocycles. The molecule has 44 heavy (non-hydrogen) atoms. The Bertz CT molecular complexity index is 1590. The van der Waals surface area contributed by atoms with E-state index in [1.54, 1.807) is 52.0 Å². The Balaban J connectivity index is 2.12. The molecule has 0 fully saturated rings. The van der Waals surface area contributed by atoms with Gasteiger partial charge in [-0.25, -0.2) is 8.42 Å². The molecule has 0 saturated carbocycles. The van der Waals surface area contributed by atoms with E-state index in [2.05, 4.69) is 5.32 Å². The van der Waals surface area contributed by atoms with Crippen LogP contribution in [0.2, 0.25) is 5.02 Å². The number of benzene rings is 3. The van der Waals surface area contributed by atoms with Gasteiger partial charge < -0.3 is 15.0 Å². The quantitative estimate of drug-likeness (QED) is 0.281. The molecule has 0 aliphatic rings. The van der Waals surface area contributed by atoms with E-state index in [1.807, 2.05) is 0 Å². The van der Waals surface area contributed by atoms with Crippen LogP contribution >= 0.6 is 11.6 Å². The van der Waals surface area contributed by atoms with E-state index in [9.17, 15) is 31.2 Å². The number of halogens is 4. The number of hydrogen-bond donors (Lipinski definition) is 1.